The highest BCUT2D eigenvalue weighted by molar-refractivity contribution is 5.96. The predicted molar refractivity (Wildman–Crippen MR) is 79.1 cm³/mol. The minimum atomic E-state index is -0.605. The number of nitro groups is 1. The monoisotopic (exact) mass is 283 g/mol. The van der Waals surface area contributed by atoms with Gasteiger partial charge in [0.25, 0.3) is 5.70 Å². The highest BCUT2D eigenvalue weighted by Crippen LogP contribution is 2.23. The Kier molecular flexibility index (Phi) is 4.46. The van der Waals surface area contributed by atoms with Crippen LogP contribution in [0.15, 0.2) is 54.6 Å². The van der Waals surface area contributed by atoms with Gasteiger partial charge in [-0.1, -0.05) is 42.5 Å². The summed E-state index contributed by atoms with van der Waals surface area (Å²) in [5, 5.41) is 11.4. The van der Waals surface area contributed by atoms with E-state index in [9.17, 15) is 14.9 Å². The number of ether oxygens (including phenoxy) is 1. The summed E-state index contributed by atoms with van der Waals surface area (Å²) in [6.45, 7) is 0. The third kappa shape index (κ3) is 3.33. The first-order valence-corrected chi connectivity index (χ1v) is 6.22. The van der Waals surface area contributed by atoms with Gasteiger partial charge in [0, 0.05) is 6.08 Å². The maximum Gasteiger partial charge on any atom is 0.338 e. The van der Waals surface area contributed by atoms with Gasteiger partial charge in [-0.25, -0.2) is 4.79 Å². The number of benzene rings is 2. The maximum absolute atomic E-state index is 11.7. The Hall–Kier alpha value is -2.95. The van der Waals surface area contributed by atoms with E-state index in [0.717, 1.165) is 0 Å². The maximum atomic E-state index is 11.7. The molecule has 106 valence electrons. The number of hydrogen-bond acceptors (Lipinski definition) is 4. The summed E-state index contributed by atoms with van der Waals surface area (Å²) in [5.41, 5.74) is 0.933. The topological polar surface area (TPSA) is 69.4 Å². The van der Waals surface area contributed by atoms with E-state index in [-0.39, 0.29) is 16.8 Å². The van der Waals surface area contributed by atoms with E-state index >= 15 is 0 Å². The molecule has 0 aliphatic carbocycles. The van der Waals surface area contributed by atoms with Crippen LogP contribution in [0.5, 0.6) is 0 Å². The molecular weight excluding hydrogens is 270 g/mol. The zero-order valence-corrected chi connectivity index (χ0v) is 11.4. The molecule has 5 nitrogen and oxygen atoms in total. The standard InChI is InChI=1S/C16H13NO4/c1-21-16(18)14-10-6-5-9-13(14)15(17(19)20)11-12-7-3-2-4-8-12/h2-11H,1H3/b15-11+. The Bertz CT molecular complexity index is 692. The molecule has 0 heterocycles. The second kappa shape index (κ2) is 6.47. The molecule has 0 radical (unpaired) electrons. The van der Waals surface area contributed by atoms with E-state index in [2.05, 4.69) is 4.74 Å². The molecule has 21 heavy (non-hydrogen) atoms. The molecule has 5 heteroatoms. The van der Waals surface area contributed by atoms with E-state index in [4.69, 9.17) is 0 Å². The lowest BCUT2D eigenvalue weighted by Gasteiger charge is -2.05. The second-order valence-corrected chi connectivity index (χ2v) is 4.23. The van der Waals surface area contributed by atoms with Crippen LogP contribution < -0.4 is 0 Å². The van der Waals surface area contributed by atoms with Gasteiger partial charge in [0.2, 0.25) is 0 Å². The fraction of sp³-hybridized carbons (Fsp3) is 0.0625. The molecule has 2 aromatic rings. The van der Waals surface area contributed by atoms with Crippen molar-refractivity contribution in [3.8, 4) is 0 Å². The molecule has 2 rings (SSSR count). The van der Waals surface area contributed by atoms with Crippen molar-refractivity contribution in [3.05, 3.63) is 81.4 Å². The Morgan fingerprint density at radius 1 is 1.05 bits per heavy atom. The summed E-state index contributed by atoms with van der Waals surface area (Å²) in [6.07, 6.45) is 1.43. The first-order chi connectivity index (χ1) is 10.1. The van der Waals surface area contributed by atoms with Crippen LogP contribution in [0.25, 0.3) is 11.8 Å². The molecular formula is C16H13NO4. The van der Waals surface area contributed by atoms with Gasteiger partial charge >= 0.3 is 5.97 Å². The van der Waals surface area contributed by atoms with Gasteiger partial charge in [0.15, 0.2) is 0 Å². The summed E-state index contributed by atoms with van der Waals surface area (Å²) >= 11 is 0. The van der Waals surface area contributed by atoms with Gasteiger partial charge in [-0.05, 0) is 17.7 Å². The molecule has 0 amide bonds. The SMILES string of the molecule is COC(=O)c1ccccc1/C(=C\c1ccccc1)[N+](=O)[O-]. The zero-order valence-electron chi connectivity index (χ0n) is 11.4. The number of carbonyl (C=O) groups is 1. The zero-order chi connectivity index (χ0) is 15.2. The van der Waals surface area contributed by atoms with E-state index in [0.29, 0.717) is 5.56 Å². The Morgan fingerprint density at radius 3 is 2.19 bits per heavy atom. The number of hydrogen-bond donors (Lipinski definition) is 0. The van der Waals surface area contributed by atoms with Crippen LogP contribution in [0, 0.1) is 10.1 Å². The van der Waals surface area contributed by atoms with Crippen LogP contribution in [-0.4, -0.2) is 18.0 Å². The van der Waals surface area contributed by atoms with E-state index < -0.39 is 10.9 Å². The molecule has 0 saturated carbocycles. The Balaban J connectivity index is 2.57. The predicted octanol–water partition coefficient (Wildman–Crippen LogP) is 3.25. The molecule has 0 bridgehead atoms. The van der Waals surface area contributed by atoms with Crippen LogP contribution in [0.4, 0.5) is 0 Å². The van der Waals surface area contributed by atoms with Crippen LogP contribution in [0.2, 0.25) is 0 Å². The molecule has 0 aromatic heterocycles. The van der Waals surface area contributed by atoms with Crippen molar-refractivity contribution in [2.24, 2.45) is 0 Å². The van der Waals surface area contributed by atoms with Crippen LogP contribution in [-0.2, 0) is 4.74 Å². The molecule has 0 aliphatic heterocycles. The van der Waals surface area contributed by atoms with Crippen molar-refractivity contribution in [1.29, 1.82) is 0 Å². The first-order valence-electron chi connectivity index (χ1n) is 6.22. The largest absolute Gasteiger partial charge is 0.465 e. The normalized spacial score (nSPS) is 11.0. The molecule has 0 atom stereocenters. The fourth-order valence-corrected chi connectivity index (χ4v) is 1.93. The van der Waals surface area contributed by atoms with Crippen molar-refractivity contribution in [1.82, 2.24) is 0 Å². The highest BCUT2D eigenvalue weighted by Gasteiger charge is 2.22. The summed E-state index contributed by atoms with van der Waals surface area (Å²) in [4.78, 5) is 22.6. The van der Waals surface area contributed by atoms with E-state index in [1.807, 2.05) is 6.07 Å². The summed E-state index contributed by atoms with van der Waals surface area (Å²) < 4.78 is 4.67. The number of rotatable bonds is 4. The number of methoxy groups -OCH3 is 1. The van der Waals surface area contributed by atoms with Gasteiger partial charge in [-0.3, -0.25) is 10.1 Å². The average Bonchev–Trinajstić information content (AvgIpc) is 2.52. The molecule has 0 aliphatic rings. The third-order valence-corrected chi connectivity index (χ3v) is 2.91. The van der Waals surface area contributed by atoms with Gasteiger partial charge < -0.3 is 4.74 Å². The number of esters is 1. The first kappa shape index (κ1) is 14.5. The molecule has 0 saturated heterocycles. The molecule has 0 unspecified atom stereocenters. The second-order valence-electron chi connectivity index (χ2n) is 4.23. The Labute approximate surface area is 121 Å². The lowest BCUT2D eigenvalue weighted by Crippen LogP contribution is -2.08. The van der Waals surface area contributed by atoms with Crippen molar-refractivity contribution in [2.45, 2.75) is 0 Å². The average molecular weight is 283 g/mol. The Morgan fingerprint density at radius 2 is 1.62 bits per heavy atom. The number of nitrogens with zero attached hydrogens (tertiary/aromatic N) is 1. The molecule has 2 aromatic carbocycles. The van der Waals surface area contributed by atoms with E-state index in [1.165, 1.54) is 25.3 Å². The summed E-state index contributed by atoms with van der Waals surface area (Å²) in [5.74, 6) is -0.605. The van der Waals surface area contributed by atoms with E-state index in [1.54, 1.807) is 36.4 Å². The molecule has 0 fully saturated rings. The quantitative estimate of drug-likeness (QED) is 0.374. The fourth-order valence-electron chi connectivity index (χ4n) is 1.93. The van der Waals surface area contributed by atoms with Gasteiger partial charge in [0.1, 0.15) is 0 Å². The lowest BCUT2D eigenvalue weighted by molar-refractivity contribution is -0.374. The van der Waals surface area contributed by atoms with Crippen molar-refractivity contribution in [2.75, 3.05) is 7.11 Å². The van der Waals surface area contributed by atoms with Crippen molar-refractivity contribution in [3.63, 3.8) is 0 Å². The molecule has 0 N–H and O–H groups in total. The molecule has 0 spiro atoms. The van der Waals surface area contributed by atoms with Crippen molar-refractivity contribution >= 4 is 17.7 Å². The van der Waals surface area contributed by atoms with Crippen LogP contribution in [0.3, 0.4) is 0 Å². The minimum absolute atomic E-state index is 0.151. The van der Waals surface area contributed by atoms with Gasteiger partial charge in [0.05, 0.1) is 23.2 Å². The van der Waals surface area contributed by atoms with Crippen LogP contribution in [0.1, 0.15) is 21.5 Å². The summed E-state index contributed by atoms with van der Waals surface area (Å²) in [6, 6.07) is 15.2. The lowest BCUT2D eigenvalue weighted by atomic mass is 10.0. The van der Waals surface area contributed by atoms with Gasteiger partial charge in [-0.2, -0.15) is 0 Å². The number of carbonyl (C=O) groups excluding carboxylic acids is 1. The van der Waals surface area contributed by atoms with Crippen LogP contribution >= 0.6 is 0 Å². The minimum Gasteiger partial charge on any atom is -0.465 e. The van der Waals surface area contributed by atoms with Gasteiger partial charge in [-0.15, -0.1) is 0 Å². The third-order valence-electron chi connectivity index (χ3n) is 2.91. The highest BCUT2D eigenvalue weighted by atomic mass is 16.6. The smallest absolute Gasteiger partial charge is 0.338 e. The summed E-state index contributed by atoms with van der Waals surface area (Å²) in [7, 11) is 1.24. The van der Waals surface area contributed by atoms with Crippen molar-refractivity contribution < 1.29 is 14.5 Å².